The van der Waals surface area contributed by atoms with E-state index >= 15 is 0 Å². The zero-order chi connectivity index (χ0) is 18.4. The van der Waals surface area contributed by atoms with E-state index in [1.807, 2.05) is 30.3 Å². The van der Waals surface area contributed by atoms with Gasteiger partial charge < -0.3 is 10.6 Å². The second-order valence-corrected chi connectivity index (χ2v) is 5.97. The second kappa shape index (κ2) is 8.08. The first-order chi connectivity index (χ1) is 12.7. The van der Waals surface area contributed by atoms with Crippen LogP contribution in [0.1, 0.15) is 25.8 Å². The lowest BCUT2D eigenvalue weighted by Gasteiger charge is -2.14. The number of nitriles is 1. The molecule has 0 aliphatic carbocycles. The molecule has 6 nitrogen and oxygen atoms in total. The van der Waals surface area contributed by atoms with Gasteiger partial charge in [0.25, 0.3) is 0 Å². The molecule has 2 N–H and O–H groups in total. The fraction of sp³-hybridized carbons (Fsp3) is 0.200. The van der Waals surface area contributed by atoms with Crippen LogP contribution in [0.4, 0.5) is 17.5 Å². The second-order valence-electron chi connectivity index (χ2n) is 5.97. The van der Waals surface area contributed by atoms with Crippen LogP contribution < -0.4 is 10.6 Å². The highest BCUT2D eigenvalue weighted by molar-refractivity contribution is 5.67. The zero-order valence-electron chi connectivity index (χ0n) is 14.8. The molecule has 0 bridgehead atoms. The van der Waals surface area contributed by atoms with Crippen molar-refractivity contribution in [2.45, 2.75) is 26.3 Å². The molecule has 0 aliphatic rings. The minimum absolute atomic E-state index is 0.262. The molecule has 1 aromatic carbocycles. The number of anilines is 3. The Bertz CT molecular complexity index is 917. The summed E-state index contributed by atoms with van der Waals surface area (Å²) in [6.45, 7) is 4.20. The number of hydrogen-bond acceptors (Lipinski definition) is 6. The topological polar surface area (TPSA) is 86.5 Å². The lowest BCUT2D eigenvalue weighted by atomic mass is 10.2. The molecule has 3 aromatic rings. The summed E-state index contributed by atoms with van der Waals surface area (Å²) in [5.74, 6) is 1.22. The van der Waals surface area contributed by atoms with Crippen LogP contribution in [0.5, 0.6) is 0 Å². The average Bonchev–Trinajstić information content (AvgIpc) is 2.68. The van der Waals surface area contributed by atoms with Crippen molar-refractivity contribution >= 4 is 17.5 Å². The Labute approximate surface area is 153 Å². The molecular weight excluding hydrogens is 324 g/mol. The summed E-state index contributed by atoms with van der Waals surface area (Å²) in [5, 5.41) is 15.7. The van der Waals surface area contributed by atoms with Gasteiger partial charge in [0, 0.05) is 35.8 Å². The molecule has 0 unspecified atom stereocenters. The first-order valence-corrected chi connectivity index (χ1v) is 8.51. The molecule has 2 aromatic heterocycles. The van der Waals surface area contributed by atoms with Crippen LogP contribution in [0.25, 0.3) is 11.3 Å². The van der Waals surface area contributed by atoms with Gasteiger partial charge in [0.2, 0.25) is 5.95 Å². The molecule has 0 saturated carbocycles. The van der Waals surface area contributed by atoms with Gasteiger partial charge in [-0.3, -0.25) is 4.98 Å². The molecule has 0 spiro atoms. The van der Waals surface area contributed by atoms with Crippen molar-refractivity contribution in [2.24, 2.45) is 0 Å². The molecule has 0 fully saturated rings. The Hall–Kier alpha value is -3.46. The minimum Gasteiger partial charge on any atom is -0.352 e. The zero-order valence-corrected chi connectivity index (χ0v) is 14.8. The minimum atomic E-state index is 0.262. The van der Waals surface area contributed by atoms with Crippen LogP contribution in [-0.2, 0) is 0 Å². The van der Waals surface area contributed by atoms with Gasteiger partial charge in [-0.05, 0) is 43.7 Å². The standard InChI is InChI=1S/C20H20N6/c1-3-14(2)23-20-25-18(16-7-9-22-10-8-16)12-19(26-20)24-17-6-4-5-15(11-17)13-21/h4-12,14H,3H2,1-2H3,(H2,23,24,25,26)/t14-/m0/s1. The Morgan fingerprint density at radius 1 is 1.12 bits per heavy atom. The van der Waals surface area contributed by atoms with E-state index < -0.39 is 0 Å². The number of aromatic nitrogens is 3. The highest BCUT2D eigenvalue weighted by Crippen LogP contribution is 2.24. The molecule has 1 atom stereocenters. The Morgan fingerprint density at radius 2 is 1.92 bits per heavy atom. The maximum atomic E-state index is 9.07. The van der Waals surface area contributed by atoms with E-state index in [1.165, 1.54) is 0 Å². The fourth-order valence-electron chi connectivity index (χ4n) is 2.38. The van der Waals surface area contributed by atoms with Crippen LogP contribution >= 0.6 is 0 Å². The SMILES string of the molecule is CC[C@H](C)Nc1nc(Nc2cccc(C#N)c2)cc(-c2ccncc2)n1. The molecular formula is C20H20N6. The van der Waals surface area contributed by atoms with Crippen molar-refractivity contribution in [3.8, 4) is 17.3 Å². The number of nitrogens with one attached hydrogen (secondary N) is 2. The number of pyridine rings is 1. The molecule has 0 radical (unpaired) electrons. The third kappa shape index (κ3) is 4.33. The van der Waals surface area contributed by atoms with Crippen LogP contribution in [0.2, 0.25) is 0 Å². The lowest BCUT2D eigenvalue weighted by Crippen LogP contribution is -2.16. The first kappa shape index (κ1) is 17.4. The highest BCUT2D eigenvalue weighted by Gasteiger charge is 2.09. The summed E-state index contributed by atoms with van der Waals surface area (Å²) < 4.78 is 0. The van der Waals surface area contributed by atoms with Crippen molar-refractivity contribution in [2.75, 3.05) is 10.6 Å². The van der Waals surface area contributed by atoms with Gasteiger partial charge in [-0.15, -0.1) is 0 Å². The third-order valence-corrected chi connectivity index (χ3v) is 3.95. The van der Waals surface area contributed by atoms with E-state index in [0.29, 0.717) is 17.3 Å². The van der Waals surface area contributed by atoms with E-state index in [0.717, 1.165) is 23.4 Å². The highest BCUT2D eigenvalue weighted by atomic mass is 15.2. The van der Waals surface area contributed by atoms with Gasteiger partial charge in [0.15, 0.2) is 0 Å². The third-order valence-electron chi connectivity index (χ3n) is 3.95. The molecule has 130 valence electrons. The molecule has 2 heterocycles. The number of rotatable bonds is 6. The fourth-order valence-corrected chi connectivity index (χ4v) is 2.38. The van der Waals surface area contributed by atoms with Crippen LogP contribution in [0.15, 0.2) is 54.9 Å². The van der Waals surface area contributed by atoms with Crippen LogP contribution in [0, 0.1) is 11.3 Å². The summed E-state index contributed by atoms with van der Waals surface area (Å²) >= 11 is 0. The van der Waals surface area contributed by atoms with Gasteiger partial charge >= 0.3 is 0 Å². The Kier molecular flexibility index (Phi) is 5.40. The summed E-state index contributed by atoms with van der Waals surface area (Å²) in [7, 11) is 0. The van der Waals surface area contributed by atoms with E-state index in [-0.39, 0.29) is 6.04 Å². The maximum Gasteiger partial charge on any atom is 0.225 e. The predicted octanol–water partition coefficient (Wildman–Crippen LogP) is 4.36. The number of benzene rings is 1. The van der Waals surface area contributed by atoms with Crippen molar-refractivity contribution in [3.05, 3.63) is 60.4 Å². The molecule has 0 amide bonds. The quantitative estimate of drug-likeness (QED) is 0.691. The first-order valence-electron chi connectivity index (χ1n) is 8.51. The molecule has 6 heteroatoms. The molecule has 3 rings (SSSR count). The average molecular weight is 344 g/mol. The van der Waals surface area contributed by atoms with E-state index in [4.69, 9.17) is 5.26 Å². The van der Waals surface area contributed by atoms with E-state index in [1.54, 1.807) is 24.5 Å². The van der Waals surface area contributed by atoms with Gasteiger partial charge in [-0.25, -0.2) is 4.98 Å². The van der Waals surface area contributed by atoms with E-state index in [9.17, 15) is 0 Å². The van der Waals surface area contributed by atoms with Gasteiger partial charge in [0.05, 0.1) is 17.3 Å². The largest absolute Gasteiger partial charge is 0.352 e. The lowest BCUT2D eigenvalue weighted by molar-refractivity contribution is 0.753. The normalized spacial score (nSPS) is 11.4. The number of hydrogen-bond donors (Lipinski definition) is 2. The Morgan fingerprint density at radius 3 is 2.65 bits per heavy atom. The van der Waals surface area contributed by atoms with Crippen LogP contribution in [-0.4, -0.2) is 21.0 Å². The molecule has 0 aliphatic heterocycles. The Balaban J connectivity index is 1.97. The monoisotopic (exact) mass is 344 g/mol. The van der Waals surface area contributed by atoms with Crippen LogP contribution in [0.3, 0.4) is 0 Å². The molecule has 26 heavy (non-hydrogen) atoms. The summed E-state index contributed by atoms with van der Waals surface area (Å²) in [4.78, 5) is 13.2. The van der Waals surface area contributed by atoms with Gasteiger partial charge in [-0.1, -0.05) is 13.0 Å². The van der Waals surface area contributed by atoms with Crippen molar-refractivity contribution in [1.29, 1.82) is 5.26 Å². The predicted molar refractivity (Wildman–Crippen MR) is 103 cm³/mol. The van der Waals surface area contributed by atoms with E-state index in [2.05, 4.69) is 45.5 Å². The maximum absolute atomic E-state index is 9.07. The van der Waals surface area contributed by atoms with Crippen molar-refractivity contribution < 1.29 is 0 Å². The van der Waals surface area contributed by atoms with Gasteiger partial charge in [0.1, 0.15) is 5.82 Å². The number of nitrogens with zero attached hydrogens (tertiary/aromatic N) is 4. The molecule has 0 saturated heterocycles. The summed E-state index contributed by atoms with van der Waals surface area (Å²) in [6.07, 6.45) is 4.45. The summed E-state index contributed by atoms with van der Waals surface area (Å²) in [6, 6.07) is 15.4. The van der Waals surface area contributed by atoms with Crippen molar-refractivity contribution in [3.63, 3.8) is 0 Å². The van der Waals surface area contributed by atoms with Crippen molar-refractivity contribution in [1.82, 2.24) is 15.0 Å². The smallest absolute Gasteiger partial charge is 0.225 e. The van der Waals surface area contributed by atoms with Gasteiger partial charge in [-0.2, -0.15) is 10.2 Å². The summed E-state index contributed by atoms with van der Waals surface area (Å²) in [5.41, 5.74) is 3.16.